The second kappa shape index (κ2) is 10.2. The number of esters is 1. The molecule has 1 unspecified atom stereocenters. The molecule has 0 amide bonds. The number of hydrogen-bond acceptors (Lipinski definition) is 7. The molecule has 2 aromatic heterocycles. The summed E-state index contributed by atoms with van der Waals surface area (Å²) in [6.07, 6.45) is 3.28. The molecule has 1 aliphatic rings. The summed E-state index contributed by atoms with van der Waals surface area (Å²) in [6.45, 7) is 4.05. The van der Waals surface area contributed by atoms with Gasteiger partial charge >= 0.3 is 5.97 Å². The fourth-order valence-electron chi connectivity index (χ4n) is 4.63. The third-order valence-electron chi connectivity index (χ3n) is 6.13. The number of fused-ring (bicyclic) bond motifs is 2. The zero-order valence-corrected chi connectivity index (χ0v) is 21.9. The van der Waals surface area contributed by atoms with Gasteiger partial charge in [-0.1, -0.05) is 61.1 Å². The second-order valence-corrected chi connectivity index (χ2v) is 10.3. The van der Waals surface area contributed by atoms with Crippen molar-refractivity contribution in [3.63, 3.8) is 0 Å². The van der Waals surface area contributed by atoms with Crippen molar-refractivity contribution in [2.75, 3.05) is 13.7 Å². The minimum Gasteiger partial charge on any atom is -0.496 e. The van der Waals surface area contributed by atoms with E-state index in [0.29, 0.717) is 32.8 Å². The number of carbonyl (C=O) groups is 1. The van der Waals surface area contributed by atoms with E-state index in [2.05, 4.69) is 0 Å². The largest absolute Gasteiger partial charge is 0.496 e. The van der Waals surface area contributed by atoms with Crippen LogP contribution < -0.4 is 19.6 Å². The van der Waals surface area contributed by atoms with Crippen molar-refractivity contribution in [2.45, 2.75) is 32.7 Å². The molecule has 1 atom stereocenters. The number of thiophene rings is 1. The van der Waals surface area contributed by atoms with Crippen molar-refractivity contribution >= 4 is 45.5 Å². The summed E-state index contributed by atoms with van der Waals surface area (Å²) in [5.41, 5.74) is 1.61. The Bertz CT molecular complexity index is 1640. The van der Waals surface area contributed by atoms with Crippen molar-refractivity contribution in [2.24, 2.45) is 4.99 Å². The van der Waals surface area contributed by atoms with Gasteiger partial charge in [0.1, 0.15) is 11.8 Å². The maximum absolute atomic E-state index is 13.9. The van der Waals surface area contributed by atoms with E-state index in [0.717, 1.165) is 27.6 Å². The third kappa shape index (κ3) is 4.20. The van der Waals surface area contributed by atoms with Crippen LogP contribution in [0.1, 0.15) is 43.2 Å². The molecule has 8 heteroatoms. The van der Waals surface area contributed by atoms with E-state index in [-0.39, 0.29) is 12.2 Å². The highest BCUT2D eigenvalue weighted by atomic mass is 32.1. The number of benzene rings is 2. The molecule has 6 nitrogen and oxygen atoms in total. The second-order valence-electron chi connectivity index (χ2n) is 8.33. The molecule has 5 rings (SSSR count). The number of allylic oxidation sites excluding steroid dienone is 1. The van der Waals surface area contributed by atoms with E-state index in [9.17, 15) is 9.59 Å². The molecule has 0 saturated heterocycles. The fraction of sp³-hybridized carbons (Fsp3) is 0.250. The summed E-state index contributed by atoms with van der Waals surface area (Å²) in [5.74, 6) is 0.142. The summed E-state index contributed by atoms with van der Waals surface area (Å²) in [5, 5.41) is 3.88. The van der Waals surface area contributed by atoms with Crippen LogP contribution in [0.3, 0.4) is 0 Å². The number of nitrogens with zero attached hydrogens (tertiary/aromatic N) is 2. The van der Waals surface area contributed by atoms with Crippen LogP contribution in [0.5, 0.6) is 5.75 Å². The molecule has 0 saturated carbocycles. The Kier molecular flexibility index (Phi) is 6.89. The monoisotopic (exact) mass is 518 g/mol. The van der Waals surface area contributed by atoms with Gasteiger partial charge < -0.3 is 9.47 Å². The lowest BCUT2D eigenvalue weighted by atomic mass is 9.90. The first-order valence-electron chi connectivity index (χ1n) is 11.9. The lowest BCUT2D eigenvalue weighted by Crippen LogP contribution is -2.40. The Morgan fingerprint density at radius 2 is 1.97 bits per heavy atom. The smallest absolute Gasteiger partial charge is 0.338 e. The molecule has 4 aromatic rings. The third-order valence-corrected chi connectivity index (χ3v) is 7.94. The molecular weight excluding hydrogens is 492 g/mol. The molecule has 36 heavy (non-hydrogen) atoms. The van der Waals surface area contributed by atoms with E-state index in [1.54, 1.807) is 29.9 Å². The van der Waals surface area contributed by atoms with Crippen molar-refractivity contribution < 1.29 is 14.3 Å². The average molecular weight is 519 g/mol. The fourth-order valence-corrected chi connectivity index (χ4v) is 6.37. The first-order chi connectivity index (χ1) is 17.6. The van der Waals surface area contributed by atoms with E-state index >= 15 is 0 Å². The van der Waals surface area contributed by atoms with Crippen LogP contribution in [-0.2, 0) is 9.53 Å². The number of ether oxygens (including phenoxy) is 2. The van der Waals surface area contributed by atoms with Crippen molar-refractivity contribution in [3.8, 4) is 5.75 Å². The molecule has 184 valence electrons. The van der Waals surface area contributed by atoms with E-state index in [4.69, 9.17) is 14.5 Å². The summed E-state index contributed by atoms with van der Waals surface area (Å²) in [4.78, 5) is 33.8. The predicted octanol–water partition coefficient (Wildman–Crippen LogP) is 4.80. The zero-order chi connectivity index (χ0) is 25.2. The van der Waals surface area contributed by atoms with Crippen LogP contribution in [0.4, 0.5) is 0 Å². The standard InChI is InChI=1S/C28H26N2O4S2/c1-4-9-20-24(27(32)34-5-2)25(23-19-12-7-6-10-17(19)13-14-21(23)33-3)30-26(31)22(36-28(30)29-20)16-18-11-8-15-35-18/h6-8,10-16,25H,4-5,9H2,1-3H3/b22-16-. The Labute approximate surface area is 216 Å². The van der Waals surface area contributed by atoms with Gasteiger partial charge in [0.15, 0.2) is 4.80 Å². The van der Waals surface area contributed by atoms with Gasteiger partial charge in [0.25, 0.3) is 5.56 Å². The quantitative estimate of drug-likeness (QED) is 0.330. The molecule has 0 bridgehead atoms. The topological polar surface area (TPSA) is 69.9 Å². The Morgan fingerprint density at radius 1 is 1.14 bits per heavy atom. The number of methoxy groups -OCH3 is 1. The van der Waals surface area contributed by atoms with Crippen LogP contribution in [-0.4, -0.2) is 24.3 Å². The van der Waals surface area contributed by atoms with E-state index < -0.39 is 12.0 Å². The number of carbonyl (C=O) groups excluding carboxylic acids is 1. The summed E-state index contributed by atoms with van der Waals surface area (Å²) in [6, 6.07) is 15.0. The van der Waals surface area contributed by atoms with Crippen molar-refractivity contribution in [1.82, 2.24) is 4.57 Å². The number of aromatic nitrogens is 1. The predicted molar refractivity (Wildman–Crippen MR) is 144 cm³/mol. The van der Waals surface area contributed by atoms with E-state index in [1.807, 2.05) is 66.9 Å². The van der Waals surface area contributed by atoms with Crippen molar-refractivity contribution in [3.05, 3.63) is 95.3 Å². The lowest BCUT2D eigenvalue weighted by molar-refractivity contribution is -0.139. The van der Waals surface area contributed by atoms with Crippen molar-refractivity contribution in [1.29, 1.82) is 0 Å². The molecule has 3 heterocycles. The maximum Gasteiger partial charge on any atom is 0.338 e. The summed E-state index contributed by atoms with van der Waals surface area (Å²) >= 11 is 2.91. The molecule has 0 aliphatic carbocycles. The maximum atomic E-state index is 13.9. The molecular formula is C28H26N2O4S2. The van der Waals surface area contributed by atoms with E-state index in [1.165, 1.54) is 11.3 Å². The molecule has 0 N–H and O–H groups in total. The average Bonchev–Trinajstić information content (AvgIpc) is 3.51. The zero-order valence-electron chi connectivity index (χ0n) is 20.3. The first kappa shape index (κ1) is 24.2. The van der Waals surface area contributed by atoms with Crippen LogP contribution >= 0.6 is 22.7 Å². The molecule has 1 aliphatic heterocycles. The minimum absolute atomic E-state index is 0.190. The number of rotatable bonds is 7. The highest BCUT2D eigenvalue weighted by Crippen LogP contribution is 2.41. The van der Waals surface area contributed by atoms with Gasteiger partial charge in [0.2, 0.25) is 0 Å². The molecule has 0 fully saturated rings. The Balaban J connectivity index is 1.90. The molecule has 0 radical (unpaired) electrons. The van der Waals surface area contributed by atoms with Gasteiger partial charge in [-0.15, -0.1) is 11.3 Å². The Morgan fingerprint density at radius 3 is 2.69 bits per heavy atom. The number of hydrogen-bond donors (Lipinski definition) is 0. The van der Waals surface area contributed by atoms with Gasteiger partial charge in [-0.05, 0) is 47.7 Å². The summed E-state index contributed by atoms with van der Waals surface area (Å²) < 4.78 is 13.5. The lowest BCUT2D eigenvalue weighted by Gasteiger charge is -2.28. The van der Waals surface area contributed by atoms with Crippen LogP contribution in [0, 0.1) is 0 Å². The molecule has 0 spiro atoms. The Hall–Kier alpha value is -3.49. The van der Waals surface area contributed by atoms with Crippen LogP contribution in [0.25, 0.3) is 16.8 Å². The number of thiazole rings is 1. The van der Waals surface area contributed by atoms with Gasteiger partial charge in [-0.3, -0.25) is 9.36 Å². The van der Waals surface area contributed by atoms with Gasteiger partial charge in [0.05, 0.1) is 29.5 Å². The normalized spacial score (nSPS) is 15.6. The SMILES string of the molecule is CCCC1=C(C(=O)OCC)C(c2c(OC)ccc3ccccc23)n2c(s/c(=C\c3cccs3)c2=O)=N1. The highest BCUT2D eigenvalue weighted by Gasteiger charge is 2.37. The van der Waals surface area contributed by atoms with Gasteiger partial charge in [0, 0.05) is 10.4 Å². The minimum atomic E-state index is -0.728. The van der Waals surface area contributed by atoms with Crippen LogP contribution in [0.15, 0.2) is 75.0 Å². The first-order valence-corrected chi connectivity index (χ1v) is 13.6. The molecule has 2 aromatic carbocycles. The van der Waals surface area contributed by atoms with Crippen LogP contribution in [0.2, 0.25) is 0 Å². The van der Waals surface area contributed by atoms with Gasteiger partial charge in [-0.2, -0.15) is 0 Å². The van der Waals surface area contributed by atoms with Gasteiger partial charge in [-0.25, -0.2) is 9.79 Å². The highest BCUT2D eigenvalue weighted by molar-refractivity contribution is 7.11. The summed E-state index contributed by atoms with van der Waals surface area (Å²) in [7, 11) is 1.61.